The largest absolute Gasteiger partial charge is 0.466 e. The maximum atomic E-state index is 12.1. The molecule has 1 unspecified atom stereocenters. The first-order chi connectivity index (χ1) is 13.5. The molecule has 0 aromatic rings. The van der Waals surface area contributed by atoms with E-state index in [1.165, 1.54) is 19.3 Å². The molecule has 2 N–H and O–H groups in total. The Morgan fingerprint density at radius 3 is 2.61 bits per heavy atom. The summed E-state index contributed by atoms with van der Waals surface area (Å²) in [5.41, 5.74) is 0. The Morgan fingerprint density at radius 2 is 1.89 bits per heavy atom. The van der Waals surface area contributed by atoms with E-state index in [4.69, 9.17) is 4.74 Å². The fourth-order valence-corrected chi connectivity index (χ4v) is 4.31. The normalized spacial score (nSPS) is 21.6. The number of unbranched alkanes of at least 4 members (excludes halogenated alkanes) is 3. The van der Waals surface area contributed by atoms with Crippen LogP contribution in [0, 0.1) is 5.92 Å². The van der Waals surface area contributed by atoms with Crippen molar-refractivity contribution in [3.05, 3.63) is 0 Å². The summed E-state index contributed by atoms with van der Waals surface area (Å²) in [7, 11) is 0. The van der Waals surface area contributed by atoms with E-state index in [2.05, 4.69) is 5.32 Å². The van der Waals surface area contributed by atoms with Crippen molar-refractivity contribution < 1.29 is 24.2 Å². The second kappa shape index (κ2) is 12.0. The number of esters is 1. The number of carbonyl (C=O) groups excluding carboxylic acids is 3. The van der Waals surface area contributed by atoms with Crippen molar-refractivity contribution in [1.82, 2.24) is 10.2 Å². The Bertz CT molecular complexity index is 519. The minimum absolute atomic E-state index is 0.161. The lowest BCUT2D eigenvalue weighted by atomic mass is 9.84. The van der Waals surface area contributed by atoms with Crippen LogP contribution in [-0.2, 0) is 14.3 Å². The fourth-order valence-electron chi connectivity index (χ4n) is 4.31. The van der Waals surface area contributed by atoms with E-state index in [-0.39, 0.29) is 17.9 Å². The number of aliphatic hydroxyl groups is 1. The third-order valence-corrected chi connectivity index (χ3v) is 5.94. The molecular weight excluding hydrogens is 360 g/mol. The first kappa shape index (κ1) is 22.7. The van der Waals surface area contributed by atoms with Crippen LogP contribution in [0.2, 0.25) is 0 Å². The molecule has 2 fully saturated rings. The van der Waals surface area contributed by atoms with E-state index in [9.17, 15) is 19.5 Å². The van der Waals surface area contributed by atoms with Gasteiger partial charge in [0.2, 0.25) is 0 Å². The summed E-state index contributed by atoms with van der Waals surface area (Å²) < 4.78 is 4.90. The highest BCUT2D eigenvalue weighted by Gasteiger charge is 2.38. The molecule has 2 aliphatic rings. The van der Waals surface area contributed by atoms with Gasteiger partial charge in [0.05, 0.1) is 12.7 Å². The Morgan fingerprint density at radius 1 is 1.18 bits per heavy atom. The van der Waals surface area contributed by atoms with Gasteiger partial charge in [-0.25, -0.2) is 4.79 Å². The molecule has 28 heavy (non-hydrogen) atoms. The molecule has 0 aromatic heterocycles. The molecule has 2 rings (SSSR count). The van der Waals surface area contributed by atoms with Crippen molar-refractivity contribution in [3.63, 3.8) is 0 Å². The molecule has 0 aromatic carbocycles. The van der Waals surface area contributed by atoms with Crippen molar-refractivity contribution >= 4 is 17.9 Å². The molecule has 1 aliphatic carbocycles. The maximum absolute atomic E-state index is 12.1. The molecule has 0 radical (unpaired) electrons. The van der Waals surface area contributed by atoms with E-state index in [1.54, 1.807) is 11.8 Å². The number of imide groups is 1. The third-order valence-electron chi connectivity index (χ3n) is 5.94. The van der Waals surface area contributed by atoms with E-state index >= 15 is 0 Å². The van der Waals surface area contributed by atoms with Crippen molar-refractivity contribution in [2.75, 3.05) is 13.2 Å². The van der Waals surface area contributed by atoms with Crippen LogP contribution < -0.4 is 5.32 Å². The number of ether oxygens (including phenoxy) is 1. The Hall–Kier alpha value is -1.63. The van der Waals surface area contributed by atoms with E-state index in [0.29, 0.717) is 38.3 Å². The number of aliphatic hydroxyl groups excluding tert-OH is 1. The first-order valence-electron chi connectivity index (χ1n) is 11.0. The number of carbonyl (C=O) groups is 3. The number of nitrogens with zero attached hydrogens (tertiary/aromatic N) is 1. The fraction of sp³-hybridized carbons (Fsp3) is 0.857. The molecule has 160 valence electrons. The first-order valence-corrected chi connectivity index (χ1v) is 11.0. The smallest absolute Gasteiger partial charge is 0.324 e. The van der Waals surface area contributed by atoms with Gasteiger partial charge in [-0.15, -0.1) is 0 Å². The average Bonchev–Trinajstić information content (AvgIpc) is 2.96. The zero-order chi connectivity index (χ0) is 20.4. The zero-order valence-electron chi connectivity index (χ0n) is 17.2. The Labute approximate surface area is 168 Å². The molecule has 7 nitrogen and oxygen atoms in total. The summed E-state index contributed by atoms with van der Waals surface area (Å²) in [6.07, 6.45) is 10.3. The van der Waals surface area contributed by atoms with Gasteiger partial charge in [-0.1, -0.05) is 38.5 Å². The minimum Gasteiger partial charge on any atom is -0.466 e. The van der Waals surface area contributed by atoms with Gasteiger partial charge in [-0.3, -0.25) is 14.9 Å². The summed E-state index contributed by atoms with van der Waals surface area (Å²) in [6, 6.07) is -0.774. The van der Waals surface area contributed by atoms with Crippen molar-refractivity contribution in [1.29, 1.82) is 0 Å². The number of hydrogen-bond donors (Lipinski definition) is 2. The SMILES string of the molecule is CCOC(=O)CCCCCC[C@H]1C(=O)NC(=O)N1CCC(O)C1CCCCC1. The van der Waals surface area contributed by atoms with Gasteiger partial charge in [0, 0.05) is 13.0 Å². The molecule has 3 amide bonds. The molecule has 2 atom stereocenters. The molecule has 1 heterocycles. The lowest BCUT2D eigenvalue weighted by Gasteiger charge is -2.29. The van der Waals surface area contributed by atoms with Gasteiger partial charge >= 0.3 is 12.0 Å². The van der Waals surface area contributed by atoms with Crippen LogP contribution in [0.4, 0.5) is 4.79 Å². The topological polar surface area (TPSA) is 95.9 Å². The van der Waals surface area contributed by atoms with Crippen LogP contribution in [-0.4, -0.2) is 53.2 Å². The highest BCUT2D eigenvalue weighted by atomic mass is 16.5. The third kappa shape index (κ3) is 7.08. The van der Waals surface area contributed by atoms with Crippen molar-refractivity contribution in [3.8, 4) is 0 Å². The monoisotopic (exact) mass is 396 g/mol. The van der Waals surface area contributed by atoms with Gasteiger partial charge in [-0.2, -0.15) is 0 Å². The number of amides is 3. The van der Waals surface area contributed by atoms with E-state index in [0.717, 1.165) is 38.5 Å². The maximum Gasteiger partial charge on any atom is 0.324 e. The number of nitrogens with one attached hydrogen (secondary N) is 1. The molecule has 1 saturated heterocycles. The molecular formula is C21H36N2O5. The number of urea groups is 1. The Balaban J connectivity index is 1.68. The summed E-state index contributed by atoms with van der Waals surface area (Å²) in [4.78, 5) is 37.1. The summed E-state index contributed by atoms with van der Waals surface area (Å²) in [5, 5.41) is 12.9. The van der Waals surface area contributed by atoms with Crippen LogP contribution >= 0.6 is 0 Å². The standard InChI is InChI=1S/C21H36N2O5/c1-2-28-19(25)13-9-4-3-8-12-17-20(26)22-21(27)23(17)15-14-18(24)16-10-6-5-7-11-16/h16-18,24H,2-15H2,1H3,(H,22,26,27)/t17-,18?/m0/s1. The van der Waals surface area contributed by atoms with E-state index < -0.39 is 12.1 Å². The molecule has 1 aliphatic heterocycles. The average molecular weight is 397 g/mol. The van der Waals surface area contributed by atoms with Gasteiger partial charge in [-0.05, 0) is 44.9 Å². The second-order valence-corrected chi connectivity index (χ2v) is 8.02. The predicted molar refractivity (Wildman–Crippen MR) is 106 cm³/mol. The molecule has 7 heteroatoms. The minimum atomic E-state index is -0.434. The van der Waals surface area contributed by atoms with Crippen molar-refractivity contribution in [2.45, 2.75) is 96.1 Å². The highest BCUT2D eigenvalue weighted by Crippen LogP contribution is 2.28. The molecule has 0 bridgehead atoms. The van der Waals surface area contributed by atoms with Crippen LogP contribution in [0.3, 0.4) is 0 Å². The van der Waals surface area contributed by atoms with Gasteiger partial charge in [0.15, 0.2) is 0 Å². The van der Waals surface area contributed by atoms with Gasteiger partial charge < -0.3 is 14.7 Å². The van der Waals surface area contributed by atoms with Crippen LogP contribution in [0.5, 0.6) is 0 Å². The Kier molecular flexibility index (Phi) is 9.75. The molecule has 0 spiro atoms. The quantitative estimate of drug-likeness (QED) is 0.300. The van der Waals surface area contributed by atoms with Crippen molar-refractivity contribution in [2.24, 2.45) is 5.92 Å². The van der Waals surface area contributed by atoms with Gasteiger partial charge in [0.1, 0.15) is 6.04 Å². The predicted octanol–water partition coefficient (Wildman–Crippen LogP) is 3.14. The van der Waals surface area contributed by atoms with Crippen LogP contribution in [0.15, 0.2) is 0 Å². The van der Waals surface area contributed by atoms with Gasteiger partial charge in [0.25, 0.3) is 5.91 Å². The van der Waals surface area contributed by atoms with Crippen LogP contribution in [0.1, 0.15) is 84.0 Å². The van der Waals surface area contributed by atoms with Crippen LogP contribution in [0.25, 0.3) is 0 Å². The summed E-state index contributed by atoms with van der Waals surface area (Å²) >= 11 is 0. The number of rotatable bonds is 12. The summed E-state index contributed by atoms with van der Waals surface area (Å²) in [5.74, 6) is -0.0670. The lowest BCUT2D eigenvalue weighted by molar-refractivity contribution is -0.143. The number of hydrogen-bond acceptors (Lipinski definition) is 5. The second-order valence-electron chi connectivity index (χ2n) is 8.02. The summed E-state index contributed by atoms with van der Waals surface area (Å²) in [6.45, 7) is 2.63. The molecule has 1 saturated carbocycles. The highest BCUT2D eigenvalue weighted by molar-refractivity contribution is 6.04. The van der Waals surface area contributed by atoms with E-state index in [1.807, 2.05) is 0 Å². The zero-order valence-corrected chi connectivity index (χ0v) is 17.2. The lowest BCUT2D eigenvalue weighted by Crippen LogP contribution is -2.38.